The lowest BCUT2D eigenvalue weighted by atomic mass is 9.80. The molecule has 4 rings (SSSR count). The van der Waals surface area contributed by atoms with E-state index in [9.17, 15) is 9.59 Å². The average Bonchev–Trinajstić information content (AvgIpc) is 2.75. The van der Waals surface area contributed by atoms with Gasteiger partial charge in [-0.3, -0.25) is 19.8 Å². The van der Waals surface area contributed by atoms with Crippen LogP contribution >= 0.6 is 23.8 Å². The van der Waals surface area contributed by atoms with E-state index in [-0.39, 0.29) is 16.2 Å². The van der Waals surface area contributed by atoms with Crippen LogP contribution in [0.4, 0.5) is 11.4 Å². The SMILES string of the molecule is CCc1ccc(N2C(=O)/C(=C/c3cc4c(cc3Cl)N(C)C(C)(C)C[C@H]4C)C(=O)NC2=S)cc1. The van der Waals surface area contributed by atoms with E-state index in [1.54, 1.807) is 6.08 Å². The van der Waals surface area contributed by atoms with Gasteiger partial charge in [0.15, 0.2) is 5.11 Å². The minimum atomic E-state index is -0.522. The summed E-state index contributed by atoms with van der Waals surface area (Å²) in [5.74, 6) is -0.669. The maximum absolute atomic E-state index is 13.4. The second kappa shape index (κ2) is 8.58. The number of aryl methyl sites for hydroxylation is 1. The molecule has 0 unspecified atom stereocenters. The van der Waals surface area contributed by atoms with E-state index in [1.165, 1.54) is 4.90 Å². The van der Waals surface area contributed by atoms with E-state index in [4.69, 9.17) is 23.8 Å². The predicted molar refractivity (Wildman–Crippen MR) is 139 cm³/mol. The van der Waals surface area contributed by atoms with Crippen LogP contribution in [0.15, 0.2) is 42.0 Å². The smallest absolute Gasteiger partial charge is 0.270 e. The highest BCUT2D eigenvalue weighted by atomic mass is 35.5. The average molecular weight is 482 g/mol. The fourth-order valence-corrected chi connectivity index (χ4v) is 5.14. The summed E-state index contributed by atoms with van der Waals surface area (Å²) in [7, 11) is 2.07. The molecule has 1 atom stereocenters. The molecule has 0 bridgehead atoms. The van der Waals surface area contributed by atoms with E-state index in [0.29, 0.717) is 22.2 Å². The van der Waals surface area contributed by atoms with Crippen LogP contribution in [0, 0.1) is 0 Å². The molecule has 2 amide bonds. The van der Waals surface area contributed by atoms with Gasteiger partial charge in [0.25, 0.3) is 11.8 Å². The molecule has 2 aliphatic rings. The summed E-state index contributed by atoms with van der Waals surface area (Å²) in [6, 6.07) is 11.5. The maximum atomic E-state index is 13.4. The number of anilines is 2. The summed E-state index contributed by atoms with van der Waals surface area (Å²) in [6.07, 6.45) is 3.45. The largest absolute Gasteiger partial charge is 0.369 e. The van der Waals surface area contributed by atoms with Crippen molar-refractivity contribution in [2.24, 2.45) is 0 Å². The molecule has 0 aromatic heterocycles. The summed E-state index contributed by atoms with van der Waals surface area (Å²) in [4.78, 5) is 29.7. The number of halogens is 1. The Kier molecular flexibility index (Phi) is 6.10. The van der Waals surface area contributed by atoms with Crippen LogP contribution in [0.1, 0.15) is 56.7 Å². The highest BCUT2D eigenvalue weighted by molar-refractivity contribution is 7.80. The zero-order valence-corrected chi connectivity index (χ0v) is 21.1. The van der Waals surface area contributed by atoms with Crippen molar-refractivity contribution in [2.75, 3.05) is 16.8 Å². The number of carbonyl (C=O) groups is 2. The Hall–Kier alpha value is -2.70. The number of thiocarbonyl (C=S) groups is 1. The monoisotopic (exact) mass is 481 g/mol. The van der Waals surface area contributed by atoms with Crippen molar-refractivity contribution in [3.05, 3.63) is 63.7 Å². The molecule has 0 radical (unpaired) electrons. The first-order valence-corrected chi connectivity index (χ1v) is 11.9. The molecular weight excluding hydrogens is 454 g/mol. The van der Waals surface area contributed by atoms with Gasteiger partial charge in [-0.1, -0.05) is 37.6 Å². The summed E-state index contributed by atoms with van der Waals surface area (Å²) < 4.78 is 0. The maximum Gasteiger partial charge on any atom is 0.270 e. The summed E-state index contributed by atoms with van der Waals surface area (Å²) >= 11 is 12.0. The fourth-order valence-electron chi connectivity index (χ4n) is 4.64. The van der Waals surface area contributed by atoms with Gasteiger partial charge in [0, 0.05) is 23.3 Å². The van der Waals surface area contributed by atoms with Crippen LogP contribution in [0.2, 0.25) is 5.02 Å². The molecule has 1 fully saturated rings. The zero-order valence-electron chi connectivity index (χ0n) is 19.5. The van der Waals surface area contributed by atoms with Crippen molar-refractivity contribution < 1.29 is 9.59 Å². The second-order valence-electron chi connectivity index (χ2n) is 9.39. The van der Waals surface area contributed by atoms with Gasteiger partial charge in [-0.2, -0.15) is 0 Å². The summed E-state index contributed by atoms with van der Waals surface area (Å²) in [5, 5.41) is 3.20. The molecule has 172 valence electrons. The van der Waals surface area contributed by atoms with Crippen molar-refractivity contribution in [2.45, 2.75) is 52.0 Å². The molecule has 1 saturated heterocycles. The van der Waals surface area contributed by atoms with Gasteiger partial charge in [0.1, 0.15) is 5.57 Å². The third kappa shape index (κ3) is 4.18. The Morgan fingerprint density at radius 2 is 1.88 bits per heavy atom. The van der Waals surface area contributed by atoms with Crippen molar-refractivity contribution in [1.82, 2.24) is 5.32 Å². The number of nitrogens with zero attached hydrogens (tertiary/aromatic N) is 2. The van der Waals surface area contributed by atoms with Gasteiger partial charge in [-0.05, 0) is 91.9 Å². The van der Waals surface area contributed by atoms with Gasteiger partial charge in [0.05, 0.1) is 5.69 Å². The lowest BCUT2D eigenvalue weighted by Gasteiger charge is -2.45. The standard InChI is InChI=1S/C26H28ClN3O2S/c1-6-16-7-9-18(10-8-16)30-24(32)20(23(31)28-25(30)33)12-17-11-19-15(2)14-26(3,4)29(5)22(19)13-21(17)27/h7-13,15H,6,14H2,1-5H3,(H,28,31,33)/b20-12+/t15-/m1/s1. The molecule has 7 heteroatoms. The van der Waals surface area contributed by atoms with Crippen LogP contribution < -0.4 is 15.1 Å². The van der Waals surface area contributed by atoms with E-state index < -0.39 is 11.8 Å². The Balaban J connectivity index is 1.75. The van der Waals surface area contributed by atoms with E-state index in [2.05, 4.69) is 45.0 Å². The Bertz CT molecular complexity index is 1190. The number of fused-ring (bicyclic) bond motifs is 1. The van der Waals surface area contributed by atoms with Crippen LogP contribution in [0.25, 0.3) is 6.08 Å². The molecular formula is C26H28ClN3O2S. The number of amides is 2. The van der Waals surface area contributed by atoms with Crippen molar-refractivity contribution in [3.63, 3.8) is 0 Å². The molecule has 2 aromatic carbocycles. The van der Waals surface area contributed by atoms with E-state index >= 15 is 0 Å². The predicted octanol–water partition coefficient (Wildman–Crippen LogP) is 5.46. The third-order valence-electron chi connectivity index (χ3n) is 6.76. The number of benzene rings is 2. The minimum absolute atomic E-state index is 0.00200. The normalized spacial score (nSPS) is 21.3. The van der Waals surface area contributed by atoms with Gasteiger partial charge < -0.3 is 4.90 Å². The van der Waals surface area contributed by atoms with Crippen molar-refractivity contribution in [3.8, 4) is 0 Å². The van der Waals surface area contributed by atoms with Gasteiger partial charge in [-0.25, -0.2) is 0 Å². The lowest BCUT2D eigenvalue weighted by molar-refractivity contribution is -0.122. The van der Waals surface area contributed by atoms with Crippen molar-refractivity contribution >= 4 is 58.2 Å². The molecule has 2 heterocycles. The number of rotatable bonds is 3. The molecule has 2 aromatic rings. The minimum Gasteiger partial charge on any atom is -0.369 e. The number of hydrogen-bond donors (Lipinski definition) is 1. The first-order valence-electron chi connectivity index (χ1n) is 11.1. The number of carbonyl (C=O) groups excluding carboxylic acids is 2. The summed E-state index contributed by atoms with van der Waals surface area (Å²) in [5.41, 5.74) is 4.64. The lowest BCUT2D eigenvalue weighted by Crippen LogP contribution is -2.54. The Labute approximate surface area is 205 Å². The van der Waals surface area contributed by atoms with Crippen molar-refractivity contribution in [1.29, 1.82) is 0 Å². The van der Waals surface area contributed by atoms with Crippen LogP contribution in [-0.2, 0) is 16.0 Å². The van der Waals surface area contributed by atoms with Gasteiger partial charge >= 0.3 is 0 Å². The molecule has 2 aliphatic heterocycles. The van der Waals surface area contributed by atoms with Gasteiger partial charge in [0.2, 0.25) is 0 Å². The quantitative estimate of drug-likeness (QED) is 0.359. The molecule has 33 heavy (non-hydrogen) atoms. The van der Waals surface area contributed by atoms with Crippen LogP contribution in [0.3, 0.4) is 0 Å². The van der Waals surface area contributed by atoms with Crippen LogP contribution in [0.5, 0.6) is 0 Å². The molecule has 1 N–H and O–H groups in total. The molecule has 0 aliphatic carbocycles. The fraction of sp³-hybridized carbons (Fsp3) is 0.346. The van der Waals surface area contributed by atoms with Gasteiger partial charge in [-0.15, -0.1) is 0 Å². The second-order valence-corrected chi connectivity index (χ2v) is 10.2. The first kappa shape index (κ1) is 23.5. The van der Waals surface area contributed by atoms with E-state index in [0.717, 1.165) is 29.7 Å². The highest BCUT2D eigenvalue weighted by Gasteiger charge is 2.36. The molecule has 0 saturated carbocycles. The topological polar surface area (TPSA) is 52.7 Å². The number of hydrogen-bond acceptors (Lipinski definition) is 4. The number of nitrogens with one attached hydrogen (secondary N) is 1. The first-order chi connectivity index (χ1) is 15.5. The zero-order chi connectivity index (χ0) is 24.1. The Morgan fingerprint density at radius 1 is 1.21 bits per heavy atom. The highest BCUT2D eigenvalue weighted by Crippen LogP contribution is 2.44. The summed E-state index contributed by atoms with van der Waals surface area (Å²) in [6.45, 7) is 8.68. The molecule has 0 spiro atoms. The van der Waals surface area contributed by atoms with Crippen LogP contribution in [-0.4, -0.2) is 29.5 Å². The Morgan fingerprint density at radius 3 is 2.52 bits per heavy atom. The van der Waals surface area contributed by atoms with E-state index in [1.807, 2.05) is 36.4 Å². The molecule has 5 nitrogen and oxygen atoms in total. The third-order valence-corrected chi connectivity index (χ3v) is 7.37.